The molecule has 5 atom stereocenters. The van der Waals surface area contributed by atoms with Crippen molar-refractivity contribution in [1.82, 2.24) is 0 Å². The molecule has 0 aliphatic carbocycles. The van der Waals surface area contributed by atoms with Crippen LogP contribution in [0, 0.1) is 11.8 Å². The van der Waals surface area contributed by atoms with E-state index in [1.165, 1.54) is 0 Å². The van der Waals surface area contributed by atoms with Gasteiger partial charge in [0.05, 0.1) is 19.3 Å². The van der Waals surface area contributed by atoms with Crippen LogP contribution in [0.1, 0.15) is 25.8 Å². The average Bonchev–Trinajstić information content (AvgIpc) is 2.61. The second-order valence-corrected chi connectivity index (χ2v) is 6.68. The monoisotopic (exact) mass is 350 g/mol. The zero-order valence-corrected chi connectivity index (χ0v) is 15.4. The van der Waals surface area contributed by atoms with E-state index in [1.807, 2.05) is 37.3 Å². The third-order valence-electron chi connectivity index (χ3n) is 4.95. The molecule has 0 radical (unpaired) electrons. The molecule has 1 saturated heterocycles. The van der Waals surface area contributed by atoms with Crippen LogP contribution in [0.5, 0.6) is 0 Å². The van der Waals surface area contributed by atoms with Crippen molar-refractivity contribution >= 4 is 0 Å². The Balaban J connectivity index is 2.04. The first kappa shape index (κ1) is 20.1. The average molecular weight is 350 g/mol. The summed E-state index contributed by atoms with van der Waals surface area (Å²) in [5, 5.41) is 10.9. The maximum atomic E-state index is 10.9. The van der Waals surface area contributed by atoms with Gasteiger partial charge in [0, 0.05) is 19.4 Å². The van der Waals surface area contributed by atoms with Crippen LogP contribution >= 0.6 is 0 Å². The van der Waals surface area contributed by atoms with Crippen LogP contribution in [0.3, 0.4) is 0 Å². The van der Waals surface area contributed by atoms with E-state index in [4.69, 9.17) is 18.9 Å². The van der Waals surface area contributed by atoms with Gasteiger partial charge in [-0.1, -0.05) is 50.3 Å². The summed E-state index contributed by atoms with van der Waals surface area (Å²) in [6, 6.07) is 9.96. The number of hydrogen-bond donors (Lipinski definition) is 1. The minimum atomic E-state index is -1.26. The van der Waals surface area contributed by atoms with Crippen molar-refractivity contribution in [2.75, 3.05) is 20.5 Å². The van der Waals surface area contributed by atoms with Gasteiger partial charge in [-0.3, -0.25) is 0 Å². The molecule has 0 unspecified atom stereocenters. The molecular weight excluding hydrogens is 320 g/mol. The van der Waals surface area contributed by atoms with Crippen molar-refractivity contribution in [2.45, 2.75) is 44.9 Å². The SMILES string of the molecule is C=CC[C@@]1(O)O[C@@H](COCc2ccccc2)[C@H](OCOC)[C@@H](C)[C@@H]1C. The molecule has 2 rings (SSSR count). The Morgan fingerprint density at radius 3 is 2.64 bits per heavy atom. The van der Waals surface area contributed by atoms with E-state index in [0.29, 0.717) is 19.6 Å². The topological polar surface area (TPSA) is 57.2 Å². The molecule has 1 heterocycles. The van der Waals surface area contributed by atoms with Gasteiger partial charge in [0.25, 0.3) is 0 Å². The summed E-state index contributed by atoms with van der Waals surface area (Å²) in [5.74, 6) is -1.27. The predicted molar refractivity (Wildman–Crippen MR) is 95.8 cm³/mol. The Kier molecular flexibility index (Phi) is 7.59. The van der Waals surface area contributed by atoms with Gasteiger partial charge in [-0.15, -0.1) is 6.58 Å². The maximum absolute atomic E-state index is 10.9. The number of methoxy groups -OCH3 is 1. The molecule has 25 heavy (non-hydrogen) atoms. The highest BCUT2D eigenvalue weighted by Gasteiger charge is 2.49. The molecule has 1 fully saturated rings. The van der Waals surface area contributed by atoms with E-state index in [9.17, 15) is 5.11 Å². The minimum Gasteiger partial charge on any atom is -0.374 e. The van der Waals surface area contributed by atoms with Gasteiger partial charge in [-0.25, -0.2) is 0 Å². The summed E-state index contributed by atoms with van der Waals surface area (Å²) in [6.45, 7) is 8.77. The summed E-state index contributed by atoms with van der Waals surface area (Å²) in [4.78, 5) is 0. The second-order valence-electron chi connectivity index (χ2n) is 6.68. The summed E-state index contributed by atoms with van der Waals surface area (Å²) in [6.07, 6.45) is 1.46. The number of aliphatic hydroxyl groups is 1. The second kappa shape index (κ2) is 9.46. The molecule has 0 amide bonds. The van der Waals surface area contributed by atoms with Crippen LogP contribution in [0.15, 0.2) is 43.0 Å². The molecule has 1 N–H and O–H groups in total. The van der Waals surface area contributed by atoms with E-state index in [-0.39, 0.29) is 30.8 Å². The molecule has 1 aromatic rings. The molecule has 0 saturated carbocycles. The Hall–Kier alpha value is -1.24. The number of ether oxygens (including phenoxy) is 4. The Morgan fingerprint density at radius 1 is 1.28 bits per heavy atom. The molecular formula is C20H30O5. The molecule has 5 nitrogen and oxygen atoms in total. The van der Waals surface area contributed by atoms with Crippen LogP contribution in [0.2, 0.25) is 0 Å². The van der Waals surface area contributed by atoms with Gasteiger partial charge in [0.15, 0.2) is 5.79 Å². The van der Waals surface area contributed by atoms with Crippen molar-refractivity contribution < 1.29 is 24.1 Å². The summed E-state index contributed by atoms with van der Waals surface area (Å²) >= 11 is 0. The first-order valence-corrected chi connectivity index (χ1v) is 8.75. The van der Waals surface area contributed by atoms with Crippen molar-refractivity contribution in [3.8, 4) is 0 Å². The molecule has 0 bridgehead atoms. The normalized spacial score (nSPS) is 32.5. The van der Waals surface area contributed by atoms with E-state index in [1.54, 1.807) is 13.2 Å². The highest BCUT2D eigenvalue weighted by molar-refractivity contribution is 5.13. The zero-order valence-electron chi connectivity index (χ0n) is 15.4. The van der Waals surface area contributed by atoms with Gasteiger partial charge in [-0.05, 0) is 11.5 Å². The molecule has 140 valence electrons. The van der Waals surface area contributed by atoms with Crippen LogP contribution in [-0.2, 0) is 25.6 Å². The number of hydrogen-bond acceptors (Lipinski definition) is 5. The van der Waals surface area contributed by atoms with Crippen molar-refractivity contribution in [2.24, 2.45) is 11.8 Å². The molecule has 1 aliphatic heterocycles. The van der Waals surface area contributed by atoms with E-state index >= 15 is 0 Å². The first-order valence-electron chi connectivity index (χ1n) is 8.75. The number of benzene rings is 1. The van der Waals surface area contributed by atoms with E-state index in [0.717, 1.165) is 5.56 Å². The summed E-state index contributed by atoms with van der Waals surface area (Å²) in [5.41, 5.74) is 1.09. The highest BCUT2D eigenvalue weighted by Crippen LogP contribution is 2.40. The fraction of sp³-hybridized carbons (Fsp3) is 0.600. The predicted octanol–water partition coefficient (Wildman–Crippen LogP) is 3.13. The molecule has 0 aromatic heterocycles. The molecule has 1 aromatic carbocycles. The van der Waals surface area contributed by atoms with Crippen LogP contribution in [-0.4, -0.2) is 43.6 Å². The third-order valence-corrected chi connectivity index (χ3v) is 4.95. The Morgan fingerprint density at radius 2 is 2.00 bits per heavy atom. The van der Waals surface area contributed by atoms with Crippen molar-refractivity contribution in [3.05, 3.63) is 48.6 Å². The molecule has 1 aliphatic rings. The standard InChI is InChI=1S/C20H30O5/c1-5-11-20(21)16(3)15(2)19(24-14-22-4)18(25-20)13-23-12-17-9-7-6-8-10-17/h5-10,15-16,18-19,21H,1,11-14H2,2-4H3/t15-,16-,18-,19+,20+/m0/s1. The van der Waals surface area contributed by atoms with Gasteiger partial charge in [-0.2, -0.15) is 0 Å². The van der Waals surface area contributed by atoms with Gasteiger partial charge in [0.1, 0.15) is 12.9 Å². The minimum absolute atomic E-state index is 0.0826. The fourth-order valence-electron chi connectivity index (χ4n) is 3.31. The summed E-state index contributed by atoms with van der Waals surface area (Å²) in [7, 11) is 1.59. The largest absolute Gasteiger partial charge is 0.374 e. The maximum Gasteiger partial charge on any atom is 0.172 e. The van der Waals surface area contributed by atoms with Crippen LogP contribution in [0.4, 0.5) is 0 Å². The Labute approximate surface area is 150 Å². The lowest BCUT2D eigenvalue weighted by Crippen LogP contribution is -2.58. The van der Waals surface area contributed by atoms with Gasteiger partial charge in [0.2, 0.25) is 0 Å². The molecule has 5 heteroatoms. The van der Waals surface area contributed by atoms with Crippen molar-refractivity contribution in [1.29, 1.82) is 0 Å². The van der Waals surface area contributed by atoms with Crippen molar-refractivity contribution in [3.63, 3.8) is 0 Å². The zero-order chi connectivity index (χ0) is 18.3. The lowest BCUT2D eigenvalue weighted by molar-refractivity contribution is -0.332. The number of rotatable bonds is 9. The fourth-order valence-corrected chi connectivity index (χ4v) is 3.31. The first-order chi connectivity index (χ1) is 12.0. The molecule has 0 spiro atoms. The quantitative estimate of drug-likeness (QED) is 0.548. The van der Waals surface area contributed by atoms with E-state index < -0.39 is 5.79 Å². The van der Waals surface area contributed by atoms with Gasteiger partial charge >= 0.3 is 0 Å². The van der Waals surface area contributed by atoms with Gasteiger partial charge < -0.3 is 24.1 Å². The lowest BCUT2D eigenvalue weighted by atomic mass is 9.78. The van der Waals surface area contributed by atoms with Crippen LogP contribution in [0.25, 0.3) is 0 Å². The lowest BCUT2D eigenvalue weighted by Gasteiger charge is -2.49. The van der Waals surface area contributed by atoms with E-state index in [2.05, 4.69) is 13.5 Å². The highest BCUT2D eigenvalue weighted by atomic mass is 16.7. The Bertz CT molecular complexity index is 520. The third kappa shape index (κ3) is 5.12. The summed E-state index contributed by atoms with van der Waals surface area (Å²) < 4.78 is 22.8. The smallest absolute Gasteiger partial charge is 0.172 e. The van der Waals surface area contributed by atoms with Crippen LogP contribution < -0.4 is 0 Å².